The van der Waals surface area contributed by atoms with E-state index in [0.717, 1.165) is 43.1 Å². The van der Waals surface area contributed by atoms with Gasteiger partial charge in [-0.05, 0) is 56.1 Å². The first kappa shape index (κ1) is 24.1. The summed E-state index contributed by atoms with van der Waals surface area (Å²) in [6, 6.07) is 6.99. The predicted molar refractivity (Wildman–Crippen MR) is 126 cm³/mol. The number of hydrogen-bond donors (Lipinski definition) is 1. The smallest absolute Gasteiger partial charge is 0.278 e. The fourth-order valence-electron chi connectivity index (χ4n) is 5.57. The molecule has 2 fully saturated rings. The van der Waals surface area contributed by atoms with Crippen molar-refractivity contribution in [2.75, 3.05) is 46.0 Å². The summed E-state index contributed by atoms with van der Waals surface area (Å²) < 4.78 is 55.6. The number of fused-ring (bicyclic) bond motifs is 4. The van der Waals surface area contributed by atoms with Gasteiger partial charge in [-0.2, -0.15) is 17.0 Å². The number of sulfonamides is 1. The van der Waals surface area contributed by atoms with Gasteiger partial charge in [0, 0.05) is 52.4 Å². The van der Waals surface area contributed by atoms with E-state index in [1.165, 1.54) is 30.8 Å². The molecule has 10 heteroatoms. The van der Waals surface area contributed by atoms with Crippen LogP contribution >= 0.6 is 0 Å². The molecule has 1 aromatic carbocycles. The maximum absolute atomic E-state index is 13.3. The Balaban J connectivity index is 1.46. The molecule has 0 unspecified atom stereocenters. The van der Waals surface area contributed by atoms with Gasteiger partial charge in [0.1, 0.15) is 0 Å². The molecular weight excluding hydrogens is 448 g/mol. The van der Waals surface area contributed by atoms with Gasteiger partial charge in [-0.15, -0.1) is 0 Å². The number of piperidine rings is 2. The first-order valence-corrected chi connectivity index (χ1v) is 14.6. The molecule has 0 bridgehead atoms. The fraction of sp³-hybridized carbons (Fsp3) is 0.727. The third-order valence-corrected chi connectivity index (χ3v) is 10.8. The third-order valence-electron chi connectivity index (χ3n) is 7.27. The lowest BCUT2D eigenvalue weighted by atomic mass is 9.77. The Morgan fingerprint density at radius 3 is 2.69 bits per heavy atom. The van der Waals surface area contributed by atoms with E-state index in [2.05, 4.69) is 34.7 Å². The number of hydrogen-bond acceptors (Lipinski definition) is 5. The van der Waals surface area contributed by atoms with Gasteiger partial charge in [0.15, 0.2) is 0 Å². The minimum Gasteiger partial charge on any atom is -0.296 e. The number of benzene rings is 1. The second-order valence-electron chi connectivity index (χ2n) is 9.63. The van der Waals surface area contributed by atoms with Crippen LogP contribution in [0.15, 0.2) is 18.2 Å². The zero-order valence-corrected chi connectivity index (χ0v) is 21.0. The van der Waals surface area contributed by atoms with Crippen LogP contribution in [0.5, 0.6) is 0 Å². The molecule has 1 aromatic rings. The summed E-state index contributed by atoms with van der Waals surface area (Å²) in [5.41, 5.74) is 4.02. The number of nitrogens with one attached hydrogen (secondary N) is 1. The molecule has 0 aromatic heterocycles. The van der Waals surface area contributed by atoms with Crippen LogP contribution in [0.3, 0.4) is 0 Å². The fourth-order valence-corrected chi connectivity index (χ4v) is 8.05. The highest BCUT2D eigenvalue weighted by atomic mass is 32.2. The predicted octanol–water partition coefficient (Wildman–Crippen LogP) is 1.49. The van der Waals surface area contributed by atoms with Crippen LogP contribution in [-0.4, -0.2) is 82.4 Å². The van der Waals surface area contributed by atoms with Crippen LogP contribution in [0, 0.1) is 12.8 Å². The first-order valence-electron chi connectivity index (χ1n) is 11.6. The Kier molecular flexibility index (Phi) is 7.01. The van der Waals surface area contributed by atoms with E-state index >= 15 is 0 Å². The summed E-state index contributed by atoms with van der Waals surface area (Å²) in [6.45, 7) is 4.80. The zero-order valence-electron chi connectivity index (χ0n) is 19.3. The first-order chi connectivity index (χ1) is 15.1. The van der Waals surface area contributed by atoms with Crippen molar-refractivity contribution >= 4 is 20.2 Å². The average Bonchev–Trinajstić information content (AvgIpc) is 2.74. The van der Waals surface area contributed by atoms with Crippen molar-refractivity contribution in [3.63, 3.8) is 0 Å². The monoisotopic (exact) mass is 484 g/mol. The van der Waals surface area contributed by atoms with E-state index in [4.69, 9.17) is 0 Å². The maximum atomic E-state index is 13.3. The van der Waals surface area contributed by atoms with Gasteiger partial charge in [-0.25, -0.2) is 13.1 Å². The molecule has 2 saturated heterocycles. The minimum absolute atomic E-state index is 0.0277. The molecule has 32 heavy (non-hydrogen) atoms. The molecule has 0 saturated carbocycles. The molecule has 0 spiro atoms. The van der Waals surface area contributed by atoms with Crippen molar-refractivity contribution < 1.29 is 16.8 Å². The van der Waals surface area contributed by atoms with Gasteiger partial charge in [0.2, 0.25) is 10.0 Å². The van der Waals surface area contributed by atoms with Crippen molar-refractivity contribution in [1.29, 1.82) is 0 Å². The molecule has 3 atom stereocenters. The van der Waals surface area contributed by atoms with Gasteiger partial charge < -0.3 is 0 Å². The van der Waals surface area contributed by atoms with Crippen molar-refractivity contribution in [2.45, 2.75) is 51.1 Å². The Morgan fingerprint density at radius 1 is 1.16 bits per heavy atom. The molecule has 0 radical (unpaired) electrons. The SMILES string of the molecule is Cc1ccc2c(c1)[C@@H]1C[C@@H]3[C@@H](CCCN3S(=O)(=O)CCCNS(=O)(=O)N(C)C)CN1CC2. The van der Waals surface area contributed by atoms with E-state index in [0.29, 0.717) is 12.5 Å². The molecule has 4 rings (SSSR count). The summed E-state index contributed by atoms with van der Waals surface area (Å²) in [7, 11) is -4.09. The molecule has 1 N–H and O–H groups in total. The highest BCUT2D eigenvalue weighted by Crippen LogP contribution is 2.43. The van der Waals surface area contributed by atoms with E-state index in [-0.39, 0.29) is 30.8 Å². The zero-order chi connectivity index (χ0) is 23.1. The normalized spacial score (nSPS) is 27.1. The quantitative estimate of drug-likeness (QED) is 0.593. The highest BCUT2D eigenvalue weighted by molar-refractivity contribution is 7.89. The molecular formula is C22H36N4O4S2. The number of nitrogens with zero attached hydrogens (tertiary/aromatic N) is 3. The van der Waals surface area contributed by atoms with Crippen molar-refractivity contribution in [2.24, 2.45) is 5.92 Å². The Bertz CT molecular complexity index is 1040. The molecule has 3 aliphatic heterocycles. The highest BCUT2D eigenvalue weighted by Gasteiger charge is 2.45. The average molecular weight is 485 g/mol. The van der Waals surface area contributed by atoms with E-state index in [1.54, 1.807) is 4.31 Å². The summed E-state index contributed by atoms with van der Waals surface area (Å²) in [5.74, 6) is 0.337. The van der Waals surface area contributed by atoms with Crippen LogP contribution < -0.4 is 4.72 Å². The topological polar surface area (TPSA) is 90.0 Å². The maximum Gasteiger partial charge on any atom is 0.278 e. The third kappa shape index (κ3) is 4.90. The Morgan fingerprint density at radius 2 is 1.94 bits per heavy atom. The number of rotatable bonds is 7. The van der Waals surface area contributed by atoms with Gasteiger partial charge in [-0.1, -0.05) is 23.8 Å². The van der Waals surface area contributed by atoms with Gasteiger partial charge in [0.25, 0.3) is 10.2 Å². The molecule has 0 aliphatic carbocycles. The van der Waals surface area contributed by atoms with E-state index in [9.17, 15) is 16.8 Å². The summed E-state index contributed by atoms with van der Waals surface area (Å²) in [4.78, 5) is 2.56. The standard InChI is InChI=1S/C22H36N4O4S2/c1-17-7-8-18-9-12-25-16-19-6-4-11-26(21(19)15-22(25)20(18)14-17)31(27,28)13-5-10-23-32(29,30)24(2)3/h7-8,14,19,21-23H,4-6,9-13,15-16H2,1-3H3/t19-,21+,22-/m0/s1. The van der Waals surface area contributed by atoms with E-state index < -0.39 is 20.2 Å². The lowest BCUT2D eigenvalue weighted by Gasteiger charge is -2.51. The van der Waals surface area contributed by atoms with Crippen LogP contribution in [0.2, 0.25) is 0 Å². The summed E-state index contributed by atoms with van der Waals surface area (Å²) in [6.07, 6.45) is 4.13. The second-order valence-corrected chi connectivity index (χ2v) is 13.6. The van der Waals surface area contributed by atoms with Crippen LogP contribution in [0.1, 0.15) is 48.4 Å². The lowest BCUT2D eigenvalue weighted by Crippen LogP contribution is -2.57. The Hall–Kier alpha value is -1.04. The molecule has 3 heterocycles. The van der Waals surface area contributed by atoms with Gasteiger partial charge in [0.05, 0.1) is 5.75 Å². The summed E-state index contributed by atoms with van der Waals surface area (Å²) in [5, 5.41) is 0. The van der Waals surface area contributed by atoms with Crippen molar-refractivity contribution in [3.05, 3.63) is 34.9 Å². The summed E-state index contributed by atoms with van der Waals surface area (Å²) >= 11 is 0. The van der Waals surface area contributed by atoms with Gasteiger partial charge >= 0.3 is 0 Å². The van der Waals surface area contributed by atoms with Crippen LogP contribution in [0.4, 0.5) is 0 Å². The van der Waals surface area contributed by atoms with Crippen LogP contribution in [-0.2, 0) is 26.7 Å². The minimum atomic E-state index is -3.54. The molecule has 180 valence electrons. The number of aryl methyl sites for hydroxylation is 1. The van der Waals surface area contributed by atoms with Gasteiger partial charge in [-0.3, -0.25) is 4.90 Å². The lowest BCUT2D eigenvalue weighted by molar-refractivity contribution is 0.0220. The largest absolute Gasteiger partial charge is 0.296 e. The second kappa shape index (κ2) is 9.31. The van der Waals surface area contributed by atoms with Crippen LogP contribution in [0.25, 0.3) is 0 Å². The Labute approximate surface area is 193 Å². The van der Waals surface area contributed by atoms with E-state index in [1.807, 2.05) is 0 Å². The van der Waals surface area contributed by atoms with Crippen molar-refractivity contribution in [3.8, 4) is 0 Å². The molecule has 3 aliphatic rings. The molecule has 0 amide bonds. The van der Waals surface area contributed by atoms with Crippen molar-refractivity contribution in [1.82, 2.24) is 18.2 Å². The molecule has 8 nitrogen and oxygen atoms in total.